The molecule has 3 aromatic rings. The number of carbonyl (C=O) groups excluding carboxylic acids is 1. The molecule has 8 rings (SSSR count). The Labute approximate surface area is 323 Å². The first-order chi connectivity index (χ1) is 26.1. The Morgan fingerprint density at radius 2 is 1.87 bits per heavy atom. The average molecular weight is 782 g/mol. The predicted octanol–water partition coefficient (Wildman–Crippen LogP) is 4.30. The second kappa shape index (κ2) is 16.4. The zero-order valence-corrected chi connectivity index (χ0v) is 33.1. The molecule has 54 heavy (non-hydrogen) atoms. The van der Waals surface area contributed by atoms with Gasteiger partial charge in [-0.2, -0.15) is 4.31 Å². The molecule has 294 valence electrons. The third kappa shape index (κ3) is 8.36. The molecule has 1 aromatic heterocycles. The van der Waals surface area contributed by atoms with Crippen LogP contribution in [0.5, 0.6) is 0 Å². The fourth-order valence-corrected chi connectivity index (χ4v) is 11.8. The van der Waals surface area contributed by atoms with Gasteiger partial charge in [0.2, 0.25) is 10.0 Å². The number of hydrogen-bond donors (Lipinski definition) is 2. The van der Waals surface area contributed by atoms with E-state index in [1.54, 1.807) is 18.2 Å². The number of sulfonamides is 1. The minimum Gasteiger partial charge on any atom is -0.462 e. The maximum atomic E-state index is 14.6. The Balaban J connectivity index is 0.996. The zero-order valence-electron chi connectivity index (χ0n) is 31.4. The van der Waals surface area contributed by atoms with Crippen LogP contribution in [0.2, 0.25) is 0 Å². The van der Waals surface area contributed by atoms with E-state index in [4.69, 9.17) is 19.2 Å². The number of rotatable bonds is 17. The standard InChI is InChI=1S/C40H55N5O7S2/c1-26(2)44-20-28(21-44)22-45(54(48,49)31-10-11-34-36(19-31)53-40(42-34)41-12-15-43-13-6-7-14-43)23-35(46)29(16-27-8-4-3-5-9-27)18-37(47)52-38-30-17-32-33(38)25-51-39(32)50-24-30/h3-5,8-11,19,26,28-30,32-33,35,38-39,46H,6-7,12-18,20-25H2,1-2H3,(H,41,42)/t29-,30-,32?,33?,35-,38?,39?/m1/s1. The number of likely N-dealkylation sites (tertiary alicyclic amines) is 2. The lowest BCUT2D eigenvalue weighted by Gasteiger charge is -2.44. The van der Waals surface area contributed by atoms with Crippen LogP contribution in [-0.2, 0) is 35.4 Å². The number of ether oxygens (including phenoxy) is 3. The van der Waals surface area contributed by atoms with Crippen LogP contribution < -0.4 is 5.32 Å². The Kier molecular flexibility index (Phi) is 11.6. The number of esters is 1. The fourth-order valence-electron chi connectivity index (χ4n) is 9.21. The minimum atomic E-state index is -4.02. The number of aliphatic hydroxyl groups is 1. The molecule has 2 N–H and O–H groups in total. The summed E-state index contributed by atoms with van der Waals surface area (Å²) in [6.07, 6.45) is 2.21. The highest BCUT2D eigenvalue weighted by molar-refractivity contribution is 7.89. The van der Waals surface area contributed by atoms with Gasteiger partial charge >= 0.3 is 5.97 Å². The van der Waals surface area contributed by atoms with Crippen molar-refractivity contribution in [3.63, 3.8) is 0 Å². The molecule has 1 saturated carbocycles. The quantitative estimate of drug-likeness (QED) is 0.190. The van der Waals surface area contributed by atoms with Crippen molar-refractivity contribution in [2.75, 3.05) is 70.9 Å². The molecule has 7 atom stereocenters. The van der Waals surface area contributed by atoms with E-state index < -0.39 is 22.0 Å². The number of benzene rings is 2. The van der Waals surface area contributed by atoms with E-state index in [2.05, 4.69) is 29.0 Å². The van der Waals surface area contributed by atoms with Crippen molar-refractivity contribution in [2.24, 2.45) is 29.6 Å². The van der Waals surface area contributed by atoms with Crippen molar-refractivity contribution in [2.45, 2.75) is 75.4 Å². The smallest absolute Gasteiger partial charge is 0.306 e. The molecule has 5 heterocycles. The Bertz CT molecular complexity index is 1850. The zero-order chi connectivity index (χ0) is 37.4. The first kappa shape index (κ1) is 38.2. The van der Waals surface area contributed by atoms with Crippen molar-refractivity contribution in [1.29, 1.82) is 0 Å². The van der Waals surface area contributed by atoms with E-state index in [0.717, 1.165) is 66.6 Å². The lowest BCUT2D eigenvalue weighted by molar-refractivity contribution is -0.178. The predicted molar refractivity (Wildman–Crippen MR) is 208 cm³/mol. The lowest BCUT2D eigenvalue weighted by Crippen LogP contribution is -2.55. The number of anilines is 1. The molecule has 0 amide bonds. The normalized spacial score (nSPS) is 27.2. The number of nitrogens with zero attached hydrogens (tertiary/aromatic N) is 4. The van der Waals surface area contributed by atoms with Gasteiger partial charge in [-0.25, -0.2) is 13.4 Å². The van der Waals surface area contributed by atoms with Crippen LogP contribution >= 0.6 is 11.3 Å². The van der Waals surface area contributed by atoms with Crippen molar-refractivity contribution in [1.82, 2.24) is 19.1 Å². The molecule has 4 aliphatic heterocycles. The fraction of sp³-hybridized carbons (Fsp3) is 0.650. The maximum absolute atomic E-state index is 14.6. The summed E-state index contributed by atoms with van der Waals surface area (Å²) >= 11 is 1.46. The summed E-state index contributed by atoms with van der Waals surface area (Å²) in [5.74, 6) is -0.294. The monoisotopic (exact) mass is 781 g/mol. The van der Waals surface area contributed by atoms with Gasteiger partial charge in [-0.15, -0.1) is 0 Å². The molecule has 12 nitrogen and oxygen atoms in total. The topological polar surface area (TPSA) is 134 Å². The Morgan fingerprint density at radius 3 is 2.65 bits per heavy atom. The van der Waals surface area contributed by atoms with Crippen molar-refractivity contribution < 1.29 is 32.5 Å². The lowest BCUT2D eigenvalue weighted by atomic mass is 9.90. The van der Waals surface area contributed by atoms with Gasteiger partial charge in [0.15, 0.2) is 11.4 Å². The summed E-state index contributed by atoms with van der Waals surface area (Å²) in [5.41, 5.74) is 1.72. The summed E-state index contributed by atoms with van der Waals surface area (Å²) in [4.78, 5) is 23.4. The summed E-state index contributed by atoms with van der Waals surface area (Å²) in [6.45, 7) is 11.1. The van der Waals surface area contributed by atoms with Gasteiger partial charge in [0, 0.05) is 69.0 Å². The highest BCUT2D eigenvalue weighted by Crippen LogP contribution is 2.49. The van der Waals surface area contributed by atoms with E-state index in [0.29, 0.717) is 25.7 Å². The molecule has 14 heteroatoms. The van der Waals surface area contributed by atoms with Crippen molar-refractivity contribution in [3.05, 3.63) is 54.1 Å². The van der Waals surface area contributed by atoms with E-state index in [-0.39, 0.29) is 66.4 Å². The Morgan fingerprint density at radius 1 is 1.09 bits per heavy atom. The van der Waals surface area contributed by atoms with Crippen LogP contribution in [0.3, 0.4) is 0 Å². The van der Waals surface area contributed by atoms with Gasteiger partial charge in [-0.1, -0.05) is 41.7 Å². The molecule has 0 spiro atoms. The van der Waals surface area contributed by atoms with Crippen LogP contribution in [0, 0.1) is 29.6 Å². The van der Waals surface area contributed by atoms with Crippen LogP contribution in [0.25, 0.3) is 10.2 Å². The minimum absolute atomic E-state index is 0.0272. The van der Waals surface area contributed by atoms with Crippen molar-refractivity contribution >= 4 is 42.7 Å². The van der Waals surface area contributed by atoms with Crippen molar-refractivity contribution in [3.8, 4) is 0 Å². The van der Waals surface area contributed by atoms with Gasteiger partial charge in [-0.05, 0) is 82.3 Å². The van der Waals surface area contributed by atoms with Gasteiger partial charge in [-0.3, -0.25) is 4.79 Å². The number of nitrogens with one attached hydrogen (secondary N) is 1. The van der Waals surface area contributed by atoms with Gasteiger partial charge in [0.25, 0.3) is 0 Å². The summed E-state index contributed by atoms with van der Waals surface area (Å²) in [6, 6.07) is 15.2. The Hall–Kier alpha value is -2.69. The second-order valence-electron chi connectivity index (χ2n) is 16.4. The highest BCUT2D eigenvalue weighted by Gasteiger charge is 2.56. The van der Waals surface area contributed by atoms with Gasteiger partial charge in [0.1, 0.15) is 6.10 Å². The number of thiazole rings is 1. The van der Waals surface area contributed by atoms with E-state index in [1.165, 1.54) is 28.5 Å². The number of hydrogen-bond acceptors (Lipinski definition) is 12. The number of aromatic nitrogens is 1. The van der Waals surface area contributed by atoms with E-state index >= 15 is 0 Å². The molecular weight excluding hydrogens is 727 g/mol. The SMILES string of the molecule is CC(C)N1CC(CN(C[C@@H](O)[C@@H](CC(=O)OC2C3COC4OC[C@H]2CC43)Cc2ccccc2)S(=O)(=O)c2ccc3nc(NCCN4CCCC4)sc3c2)C1. The van der Waals surface area contributed by atoms with Gasteiger partial charge < -0.3 is 34.4 Å². The van der Waals surface area contributed by atoms with Crippen LogP contribution in [0.15, 0.2) is 53.4 Å². The van der Waals surface area contributed by atoms with Gasteiger partial charge in [0.05, 0.1) is 40.9 Å². The molecule has 4 unspecified atom stereocenters. The molecular formula is C40H55N5O7S2. The van der Waals surface area contributed by atoms with Crippen LogP contribution in [0.1, 0.15) is 45.1 Å². The molecule has 1 aliphatic carbocycles. The molecule has 5 fully saturated rings. The average Bonchev–Trinajstić information content (AvgIpc) is 3.93. The highest BCUT2D eigenvalue weighted by atomic mass is 32.2. The summed E-state index contributed by atoms with van der Waals surface area (Å²) < 4.78 is 49.3. The summed E-state index contributed by atoms with van der Waals surface area (Å²) in [7, 11) is -4.02. The first-order valence-corrected chi connectivity index (χ1v) is 22.1. The second-order valence-corrected chi connectivity index (χ2v) is 19.4. The molecule has 2 bridgehead atoms. The largest absolute Gasteiger partial charge is 0.462 e. The molecule has 4 saturated heterocycles. The third-order valence-electron chi connectivity index (χ3n) is 12.3. The third-order valence-corrected chi connectivity index (χ3v) is 15.1. The number of fused-ring (bicyclic) bond motifs is 2. The molecule has 0 radical (unpaired) electrons. The maximum Gasteiger partial charge on any atom is 0.306 e. The van der Waals surface area contributed by atoms with E-state index in [1.807, 2.05) is 30.3 Å². The first-order valence-electron chi connectivity index (χ1n) is 19.9. The summed E-state index contributed by atoms with van der Waals surface area (Å²) in [5, 5.41) is 16.2. The molecule has 5 aliphatic rings. The number of aliphatic hydroxyl groups excluding tert-OH is 1. The van der Waals surface area contributed by atoms with Crippen LogP contribution in [0.4, 0.5) is 5.13 Å². The van der Waals surface area contributed by atoms with E-state index in [9.17, 15) is 18.3 Å². The van der Waals surface area contributed by atoms with Crippen LogP contribution in [-0.4, -0.2) is 129 Å². The molecule has 2 aromatic carbocycles. The number of carbonyl (C=O) groups is 1.